The minimum Gasteiger partial charge on any atom is -0.338 e. The van der Waals surface area contributed by atoms with Gasteiger partial charge in [-0.3, -0.25) is 8.98 Å². The molecular weight excluding hydrogens is 230 g/mol. The first-order valence-electron chi connectivity index (χ1n) is 5.28. The van der Waals surface area contributed by atoms with Crippen molar-refractivity contribution in [2.45, 2.75) is 45.3 Å². The number of rotatable bonds is 2. The third-order valence-corrected chi connectivity index (χ3v) is 3.12. The summed E-state index contributed by atoms with van der Waals surface area (Å²) in [6.45, 7) is 6.43. The molecule has 1 saturated heterocycles. The second kappa shape index (κ2) is 4.33. The molecule has 0 aromatic heterocycles. The van der Waals surface area contributed by atoms with Gasteiger partial charge in [-0.1, -0.05) is 0 Å². The van der Waals surface area contributed by atoms with Crippen LogP contribution in [0, 0.1) is 0 Å². The van der Waals surface area contributed by atoms with Crippen LogP contribution in [0.25, 0.3) is 0 Å². The van der Waals surface area contributed by atoms with Gasteiger partial charge in [-0.25, -0.2) is 0 Å². The maximum absolute atomic E-state index is 11.8. The Balaban J connectivity index is 2.63. The van der Waals surface area contributed by atoms with Gasteiger partial charge in [0.2, 0.25) is 5.91 Å². The lowest BCUT2D eigenvalue weighted by molar-refractivity contribution is -0.141. The second-order valence-electron chi connectivity index (χ2n) is 5.13. The fraction of sp³-hybridized carbons (Fsp3) is 0.900. The van der Waals surface area contributed by atoms with E-state index in [4.69, 9.17) is 4.18 Å². The maximum atomic E-state index is 11.8. The van der Waals surface area contributed by atoms with Gasteiger partial charge >= 0.3 is 0 Å². The minimum absolute atomic E-state index is 0.0487. The molecule has 5 nitrogen and oxygen atoms in total. The van der Waals surface area contributed by atoms with E-state index < -0.39 is 16.2 Å². The highest BCUT2D eigenvalue weighted by atomic mass is 32.2. The standard InChI is InChI=1S/C10H19NO4S/c1-10(2,3)11-6-5-8(7-9(11)12)15-16(4,13)14/h8H,5-7H2,1-4H3. The lowest BCUT2D eigenvalue weighted by Gasteiger charge is -2.40. The predicted octanol–water partition coefficient (Wildman–Crippen LogP) is 0.752. The first kappa shape index (κ1) is 13.4. The molecule has 94 valence electrons. The van der Waals surface area contributed by atoms with E-state index in [1.54, 1.807) is 4.90 Å². The third kappa shape index (κ3) is 3.75. The van der Waals surface area contributed by atoms with Crippen LogP contribution in [0.5, 0.6) is 0 Å². The zero-order chi connectivity index (χ0) is 12.6. The van der Waals surface area contributed by atoms with Gasteiger partial charge < -0.3 is 4.90 Å². The predicted molar refractivity (Wildman–Crippen MR) is 60.4 cm³/mol. The van der Waals surface area contributed by atoms with Crippen LogP contribution in [0.4, 0.5) is 0 Å². The molecule has 0 spiro atoms. The van der Waals surface area contributed by atoms with Gasteiger partial charge in [0.05, 0.1) is 18.8 Å². The Morgan fingerprint density at radius 1 is 1.38 bits per heavy atom. The molecule has 1 aliphatic heterocycles. The van der Waals surface area contributed by atoms with Crippen LogP contribution in [0.1, 0.15) is 33.6 Å². The molecule has 1 heterocycles. The molecule has 0 aliphatic carbocycles. The van der Waals surface area contributed by atoms with Gasteiger partial charge in [0.25, 0.3) is 10.1 Å². The lowest BCUT2D eigenvalue weighted by Crippen LogP contribution is -2.51. The molecule has 0 N–H and O–H groups in total. The summed E-state index contributed by atoms with van der Waals surface area (Å²) in [5, 5.41) is 0. The molecule has 1 unspecified atom stereocenters. The maximum Gasteiger partial charge on any atom is 0.264 e. The molecule has 6 heteroatoms. The fourth-order valence-electron chi connectivity index (χ4n) is 1.84. The summed E-state index contributed by atoms with van der Waals surface area (Å²) in [6, 6.07) is 0. The highest BCUT2D eigenvalue weighted by Gasteiger charge is 2.34. The average Bonchev–Trinajstić information content (AvgIpc) is 1.97. The van der Waals surface area contributed by atoms with Crippen LogP contribution in [0.2, 0.25) is 0 Å². The molecule has 0 bridgehead atoms. The SMILES string of the molecule is CC(C)(C)N1CCC(OS(C)(=O)=O)CC1=O. The van der Waals surface area contributed by atoms with Crippen molar-refractivity contribution in [3.63, 3.8) is 0 Å². The van der Waals surface area contributed by atoms with Crippen molar-refractivity contribution in [2.24, 2.45) is 0 Å². The quantitative estimate of drug-likeness (QED) is 0.678. The van der Waals surface area contributed by atoms with E-state index in [0.717, 1.165) is 6.26 Å². The Morgan fingerprint density at radius 3 is 2.31 bits per heavy atom. The van der Waals surface area contributed by atoms with Crippen LogP contribution >= 0.6 is 0 Å². The normalized spacial score (nSPS) is 23.6. The largest absolute Gasteiger partial charge is 0.338 e. The first-order valence-corrected chi connectivity index (χ1v) is 7.10. The number of hydrogen-bond acceptors (Lipinski definition) is 4. The van der Waals surface area contributed by atoms with Crippen molar-refractivity contribution in [1.29, 1.82) is 0 Å². The van der Waals surface area contributed by atoms with Gasteiger partial charge in [-0.15, -0.1) is 0 Å². The van der Waals surface area contributed by atoms with Gasteiger partial charge in [0.15, 0.2) is 0 Å². The van der Waals surface area contributed by atoms with Gasteiger partial charge in [-0.05, 0) is 27.2 Å². The Kier molecular flexibility index (Phi) is 3.64. The van der Waals surface area contributed by atoms with Crippen LogP contribution in [-0.4, -0.2) is 43.7 Å². The molecule has 1 amide bonds. The zero-order valence-corrected chi connectivity index (χ0v) is 11.0. The molecule has 0 saturated carbocycles. The van der Waals surface area contributed by atoms with Gasteiger partial charge in [-0.2, -0.15) is 8.42 Å². The Morgan fingerprint density at radius 2 is 1.94 bits per heavy atom. The monoisotopic (exact) mass is 249 g/mol. The average molecular weight is 249 g/mol. The van der Waals surface area contributed by atoms with Crippen molar-refractivity contribution in [1.82, 2.24) is 4.90 Å². The van der Waals surface area contributed by atoms with Gasteiger partial charge in [0.1, 0.15) is 0 Å². The van der Waals surface area contributed by atoms with Crippen molar-refractivity contribution in [3.8, 4) is 0 Å². The topological polar surface area (TPSA) is 63.7 Å². The van der Waals surface area contributed by atoms with Crippen molar-refractivity contribution < 1.29 is 17.4 Å². The van der Waals surface area contributed by atoms with E-state index >= 15 is 0 Å². The van der Waals surface area contributed by atoms with Gasteiger partial charge in [0, 0.05) is 12.1 Å². The number of carbonyl (C=O) groups is 1. The third-order valence-electron chi connectivity index (χ3n) is 2.50. The molecule has 0 aromatic rings. The molecule has 1 rings (SSSR count). The zero-order valence-electron chi connectivity index (χ0n) is 10.2. The molecule has 1 fully saturated rings. The second-order valence-corrected chi connectivity index (χ2v) is 6.73. The summed E-state index contributed by atoms with van der Waals surface area (Å²) in [5.41, 5.74) is -0.215. The summed E-state index contributed by atoms with van der Waals surface area (Å²) in [7, 11) is -3.47. The van der Waals surface area contributed by atoms with E-state index in [1.165, 1.54) is 0 Å². The number of carbonyl (C=O) groups excluding carboxylic acids is 1. The molecule has 1 aliphatic rings. The van der Waals surface area contributed by atoms with E-state index in [9.17, 15) is 13.2 Å². The van der Waals surface area contributed by atoms with Crippen molar-refractivity contribution >= 4 is 16.0 Å². The summed E-state index contributed by atoms with van der Waals surface area (Å²) < 4.78 is 26.7. The Bertz CT molecular complexity index is 369. The Labute approximate surface area is 96.9 Å². The van der Waals surface area contributed by atoms with Crippen molar-refractivity contribution in [2.75, 3.05) is 12.8 Å². The smallest absolute Gasteiger partial charge is 0.264 e. The number of nitrogens with zero attached hydrogens (tertiary/aromatic N) is 1. The van der Waals surface area contributed by atoms with Crippen LogP contribution < -0.4 is 0 Å². The molecular formula is C10H19NO4S. The summed E-state index contributed by atoms with van der Waals surface area (Å²) in [6.07, 6.45) is 1.22. The van der Waals surface area contributed by atoms with E-state index in [-0.39, 0.29) is 17.9 Å². The van der Waals surface area contributed by atoms with Crippen molar-refractivity contribution in [3.05, 3.63) is 0 Å². The molecule has 16 heavy (non-hydrogen) atoms. The highest BCUT2D eigenvalue weighted by Crippen LogP contribution is 2.23. The fourth-order valence-corrected chi connectivity index (χ4v) is 2.50. The van der Waals surface area contributed by atoms with E-state index in [0.29, 0.717) is 13.0 Å². The highest BCUT2D eigenvalue weighted by molar-refractivity contribution is 7.86. The first-order chi connectivity index (χ1) is 7.09. The summed E-state index contributed by atoms with van der Waals surface area (Å²) >= 11 is 0. The molecule has 1 atom stereocenters. The molecule has 0 aromatic carbocycles. The number of likely N-dealkylation sites (tertiary alicyclic amines) is 1. The summed E-state index contributed by atoms with van der Waals surface area (Å²) in [4.78, 5) is 13.5. The van der Waals surface area contributed by atoms with Crippen LogP contribution in [0.15, 0.2) is 0 Å². The lowest BCUT2D eigenvalue weighted by atomic mass is 9.99. The number of piperidine rings is 1. The molecule has 0 radical (unpaired) electrons. The van der Waals surface area contributed by atoms with E-state index in [1.807, 2.05) is 20.8 Å². The van der Waals surface area contributed by atoms with Crippen LogP contribution in [0.3, 0.4) is 0 Å². The minimum atomic E-state index is -3.47. The van der Waals surface area contributed by atoms with Crippen LogP contribution in [-0.2, 0) is 19.1 Å². The number of amides is 1. The number of hydrogen-bond donors (Lipinski definition) is 0. The Hall–Kier alpha value is -0.620. The summed E-state index contributed by atoms with van der Waals surface area (Å²) in [5.74, 6) is -0.0487. The van der Waals surface area contributed by atoms with E-state index in [2.05, 4.69) is 0 Å².